The molecule has 2 atom stereocenters. The Morgan fingerprint density at radius 3 is 2.29 bits per heavy atom. The molecule has 0 aromatic heterocycles. The van der Waals surface area contributed by atoms with Crippen molar-refractivity contribution in [3.63, 3.8) is 0 Å². The summed E-state index contributed by atoms with van der Waals surface area (Å²) in [6, 6.07) is 5.78. The van der Waals surface area contributed by atoms with Gasteiger partial charge in [-0.15, -0.1) is 0 Å². The Labute approximate surface area is 101 Å². The molecule has 1 saturated heterocycles. The predicted molar refractivity (Wildman–Crippen MR) is 65.5 cm³/mol. The van der Waals surface area contributed by atoms with Gasteiger partial charge in [-0.1, -0.05) is 13.8 Å². The first kappa shape index (κ1) is 12.2. The van der Waals surface area contributed by atoms with Gasteiger partial charge < -0.3 is 0 Å². The summed E-state index contributed by atoms with van der Waals surface area (Å²) in [7, 11) is 0. The smallest absolute Gasteiger partial charge is 0.176 e. The summed E-state index contributed by atoms with van der Waals surface area (Å²) in [6.07, 6.45) is 0. The Bertz CT molecular complexity index is 391. The average Bonchev–Trinajstić information content (AvgIpc) is 2.58. The number of ketones is 1. The van der Waals surface area contributed by atoms with Gasteiger partial charge in [-0.3, -0.25) is 9.69 Å². The number of benzene rings is 1. The number of nitrogens with zero attached hydrogens (tertiary/aromatic N) is 1. The lowest BCUT2D eigenvalue weighted by atomic mass is 10.0. The molecule has 0 amide bonds. The molecule has 3 heteroatoms. The molecule has 2 rings (SSSR count). The maximum atomic E-state index is 12.7. The van der Waals surface area contributed by atoms with Gasteiger partial charge in [-0.05, 0) is 36.1 Å². The van der Waals surface area contributed by atoms with Crippen molar-refractivity contribution >= 4 is 5.78 Å². The molecule has 0 radical (unpaired) electrons. The SMILES string of the molecule is CC1CN(CC(=O)c2ccc(F)cc2)CC1C. The molecule has 1 aliphatic rings. The third-order valence-electron chi connectivity index (χ3n) is 3.60. The van der Waals surface area contributed by atoms with Crippen LogP contribution in [0.15, 0.2) is 24.3 Å². The van der Waals surface area contributed by atoms with E-state index in [1.165, 1.54) is 12.1 Å². The topological polar surface area (TPSA) is 20.3 Å². The third-order valence-corrected chi connectivity index (χ3v) is 3.60. The lowest BCUT2D eigenvalue weighted by molar-refractivity contribution is 0.0942. The molecule has 1 aromatic rings. The van der Waals surface area contributed by atoms with Gasteiger partial charge >= 0.3 is 0 Å². The zero-order valence-electron chi connectivity index (χ0n) is 10.3. The second-order valence-corrected chi connectivity index (χ2v) is 5.08. The van der Waals surface area contributed by atoms with Gasteiger partial charge in [0.2, 0.25) is 0 Å². The molecule has 2 unspecified atom stereocenters. The van der Waals surface area contributed by atoms with Gasteiger partial charge in [0.05, 0.1) is 6.54 Å². The van der Waals surface area contributed by atoms with Crippen LogP contribution in [0.4, 0.5) is 4.39 Å². The van der Waals surface area contributed by atoms with Crippen LogP contribution in [-0.4, -0.2) is 30.3 Å². The molecule has 17 heavy (non-hydrogen) atoms. The standard InChI is InChI=1S/C14H18FNO/c1-10-7-16(8-11(10)2)9-14(17)12-3-5-13(15)6-4-12/h3-6,10-11H,7-9H2,1-2H3. The quantitative estimate of drug-likeness (QED) is 0.751. The fraction of sp³-hybridized carbons (Fsp3) is 0.500. The van der Waals surface area contributed by atoms with Crippen LogP contribution < -0.4 is 0 Å². The number of hydrogen-bond acceptors (Lipinski definition) is 2. The molecule has 0 N–H and O–H groups in total. The Morgan fingerprint density at radius 1 is 1.24 bits per heavy atom. The molecular formula is C14H18FNO. The molecule has 92 valence electrons. The van der Waals surface area contributed by atoms with E-state index < -0.39 is 0 Å². The van der Waals surface area contributed by atoms with Gasteiger partial charge in [-0.2, -0.15) is 0 Å². The summed E-state index contributed by atoms with van der Waals surface area (Å²) in [5.74, 6) is 1.07. The molecule has 1 aromatic carbocycles. The highest BCUT2D eigenvalue weighted by Crippen LogP contribution is 2.22. The van der Waals surface area contributed by atoms with Gasteiger partial charge in [0.1, 0.15) is 5.82 Å². The Hall–Kier alpha value is -1.22. The highest BCUT2D eigenvalue weighted by Gasteiger charge is 2.27. The minimum atomic E-state index is -0.301. The van der Waals surface area contributed by atoms with Crippen molar-refractivity contribution in [3.8, 4) is 0 Å². The van der Waals surface area contributed by atoms with E-state index in [9.17, 15) is 9.18 Å². The summed E-state index contributed by atoms with van der Waals surface area (Å²) in [5.41, 5.74) is 0.596. The van der Waals surface area contributed by atoms with Crippen molar-refractivity contribution in [2.75, 3.05) is 19.6 Å². The van der Waals surface area contributed by atoms with Crippen LogP contribution in [0.5, 0.6) is 0 Å². The zero-order chi connectivity index (χ0) is 12.4. The van der Waals surface area contributed by atoms with Gasteiger partial charge in [0.15, 0.2) is 5.78 Å². The van der Waals surface area contributed by atoms with E-state index in [0.29, 0.717) is 23.9 Å². The van der Waals surface area contributed by atoms with Crippen molar-refractivity contribution in [3.05, 3.63) is 35.6 Å². The van der Waals surface area contributed by atoms with Gasteiger partial charge in [-0.25, -0.2) is 4.39 Å². The van der Waals surface area contributed by atoms with Crippen molar-refractivity contribution < 1.29 is 9.18 Å². The molecular weight excluding hydrogens is 217 g/mol. The van der Waals surface area contributed by atoms with E-state index in [1.54, 1.807) is 12.1 Å². The first-order valence-electron chi connectivity index (χ1n) is 6.07. The zero-order valence-corrected chi connectivity index (χ0v) is 10.3. The largest absolute Gasteiger partial charge is 0.295 e. The molecule has 1 fully saturated rings. The minimum Gasteiger partial charge on any atom is -0.295 e. The number of carbonyl (C=O) groups is 1. The Kier molecular flexibility index (Phi) is 3.57. The number of Topliss-reactive ketones (excluding diaryl/α,β-unsaturated/α-hetero) is 1. The van der Waals surface area contributed by atoms with Crippen molar-refractivity contribution in [1.82, 2.24) is 4.90 Å². The average molecular weight is 235 g/mol. The highest BCUT2D eigenvalue weighted by atomic mass is 19.1. The summed E-state index contributed by atoms with van der Waals surface area (Å²) < 4.78 is 12.7. The summed E-state index contributed by atoms with van der Waals surface area (Å²) in [6.45, 7) is 6.84. The fourth-order valence-electron chi connectivity index (χ4n) is 2.31. The second kappa shape index (κ2) is 4.96. The predicted octanol–water partition coefficient (Wildman–Crippen LogP) is 2.60. The van der Waals surface area contributed by atoms with E-state index in [-0.39, 0.29) is 11.6 Å². The molecule has 1 heterocycles. The summed E-state index contributed by atoms with van der Waals surface area (Å²) in [5, 5.41) is 0. The lowest BCUT2D eigenvalue weighted by Crippen LogP contribution is -2.28. The Morgan fingerprint density at radius 2 is 1.76 bits per heavy atom. The van der Waals surface area contributed by atoms with Crippen LogP contribution in [0, 0.1) is 17.7 Å². The maximum Gasteiger partial charge on any atom is 0.176 e. The minimum absolute atomic E-state index is 0.0753. The van der Waals surface area contributed by atoms with Crippen molar-refractivity contribution in [1.29, 1.82) is 0 Å². The Balaban J connectivity index is 1.96. The fourth-order valence-corrected chi connectivity index (χ4v) is 2.31. The van der Waals surface area contributed by atoms with E-state index >= 15 is 0 Å². The van der Waals surface area contributed by atoms with Crippen LogP contribution in [-0.2, 0) is 0 Å². The molecule has 0 spiro atoms. The van der Waals surface area contributed by atoms with E-state index in [1.807, 2.05) is 0 Å². The van der Waals surface area contributed by atoms with E-state index in [0.717, 1.165) is 13.1 Å². The number of likely N-dealkylation sites (tertiary alicyclic amines) is 1. The molecule has 0 aliphatic carbocycles. The third kappa shape index (κ3) is 2.91. The van der Waals surface area contributed by atoms with Crippen molar-refractivity contribution in [2.24, 2.45) is 11.8 Å². The molecule has 1 aliphatic heterocycles. The van der Waals surface area contributed by atoms with Crippen LogP contribution >= 0.6 is 0 Å². The van der Waals surface area contributed by atoms with Crippen LogP contribution in [0.2, 0.25) is 0 Å². The normalized spacial score (nSPS) is 25.1. The number of carbonyl (C=O) groups excluding carboxylic acids is 1. The van der Waals surface area contributed by atoms with Gasteiger partial charge in [0, 0.05) is 18.7 Å². The van der Waals surface area contributed by atoms with Crippen LogP contribution in [0.1, 0.15) is 24.2 Å². The second-order valence-electron chi connectivity index (χ2n) is 5.08. The van der Waals surface area contributed by atoms with Crippen LogP contribution in [0.3, 0.4) is 0 Å². The van der Waals surface area contributed by atoms with Crippen LogP contribution in [0.25, 0.3) is 0 Å². The van der Waals surface area contributed by atoms with Crippen molar-refractivity contribution in [2.45, 2.75) is 13.8 Å². The summed E-state index contributed by atoms with van der Waals surface area (Å²) >= 11 is 0. The number of halogens is 1. The maximum absolute atomic E-state index is 12.7. The molecule has 0 bridgehead atoms. The highest BCUT2D eigenvalue weighted by molar-refractivity contribution is 5.97. The lowest BCUT2D eigenvalue weighted by Gasteiger charge is -2.14. The van der Waals surface area contributed by atoms with E-state index in [2.05, 4.69) is 18.7 Å². The molecule has 2 nitrogen and oxygen atoms in total. The van der Waals surface area contributed by atoms with E-state index in [4.69, 9.17) is 0 Å². The first-order chi connectivity index (χ1) is 8.06. The first-order valence-corrected chi connectivity index (χ1v) is 6.07. The monoisotopic (exact) mass is 235 g/mol. The summed E-state index contributed by atoms with van der Waals surface area (Å²) in [4.78, 5) is 14.1. The number of hydrogen-bond donors (Lipinski definition) is 0. The van der Waals surface area contributed by atoms with Gasteiger partial charge in [0.25, 0.3) is 0 Å². The number of rotatable bonds is 3. The molecule has 0 saturated carbocycles.